The molecule has 10 heteroatoms. The van der Waals surface area contributed by atoms with Gasteiger partial charge in [0.2, 0.25) is 5.95 Å². The highest BCUT2D eigenvalue weighted by atomic mass is 19.4. The van der Waals surface area contributed by atoms with E-state index in [2.05, 4.69) is 21.8 Å². The molecule has 1 N–H and O–H groups in total. The molecule has 1 aliphatic carbocycles. The Kier molecular flexibility index (Phi) is 7.59. The zero-order valence-corrected chi connectivity index (χ0v) is 16.0. The van der Waals surface area contributed by atoms with E-state index in [1.165, 1.54) is 12.8 Å². The van der Waals surface area contributed by atoms with Crippen LogP contribution in [-0.4, -0.2) is 65.7 Å². The predicted octanol–water partition coefficient (Wildman–Crippen LogP) is 2.83. The minimum absolute atomic E-state index is 0.0678. The predicted molar refractivity (Wildman–Crippen MR) is 95.2 cm³/mol. The number of alkyl halides is 3. The van der Waals surface area contributed by atoms with Crippen molar-refractivity contribution >= 4 is 11.9 Å². The van der Waals surface area contributed by atoms with Gasteiger partial charge in [-0.25, -0.2) is 14.8 Å². The summed E-state index contributed by atoms with van der Waals surface area (Å²) in [5, 5.41) is 7.12. The molecule has 1 aliphatic heterocycles. The normalized spacial score (nSPS) is 24.8. The fourth-order valence-corrected chi connectivity index (χ4v) is 3.54. The summed E-state index contributed by atoms with van der Waals surface area (Å²) in [6.07, 6.45) is 2.23. The van der Waals surface area contributed by atoms with Crippen molar-refractivity contribution in [2.75, 3.05) is 37.8 Å². The molecule has 1 aromatic heterocycles. The van der Waals surface area contributed by atoms with Crippen LogP contribution in [0.5, 0.6) is 0 Å². The average Bonchev–Trinajstić information content (AvgIpc) is 3.02. The van der Waals surface area contributed by atoms with E-state index in [1.807, 2.05) is 19.3 Å². The lowest BCUT2D eigenvalue weighted by Gasteiger charge is -2.44. The van der Waals surface area contributed by atoms with Gasteiger partial charge in [0, 0.05) is 31.5 Å². The van der Waals surface area contributed by atoms with Crippen LogP contribution < -0.4 is 4.90 Å². The molecule has 0 aromatic carbocycles. The van der Waals surface area contributed by atoms with Crippen LogP contribution in [0.2, 0.25) is 0 Å². The summed E-state index contributed by atoms with van der Waals surface area (Å²) < 4.78 is 43.6. The molecule has 0 unspecified atom stereocenters. The number of hydrogen-bond acceptors (Lipinski definition) is 6. The Morgan fingerprint density at radius 1 is 1.43 bits per heavy atom. The molecule has 2 fully saturated rings. The zero-order chi connectivity index (χ0) is 20.8. The highest BCUT2D eigenvalue weighted by molar-refractivity contribution is 5.73. The van der Waals surface area contributed by atoms with Crippen molar-refractivity contribution in [1.29, 1.82) is 0 Å². The van der Waals surface area contributed by atoms with E-state index in [-0.39, 0.29) is 5.60 Å². The maximum Gasteiger partial charge on any atom is 0.490 e. The molecule has 158 valence electrons. The molecule has 1 saturated heterocycles. The largest absolute Gasteiger partial charge is 0.490 e. The third-order valence-electron chi connectivity index (χ3n) is 4.92. The molecule has 0 bridgehead atoms. The van der Waals surface area contributed by atoms with Gasteiger partial charge >= 0.3 is 12.1 Å². The topological polar surface area (TPSA) is 84.8 Å². The quantitative estimate of drug-likeness (QED) is 0.825. The van der Waals surface area contributed by atoms with Gasteiger partial charge < -0.3 is 19.5 Å². The number of halogens is 3. The first-order chi connectivity index (χ1) is 13.2. The average molecular weight is 405 g/mol. The lowest BCUT2D eigenvalue weighted by Crippen LogP contribution is -2.55. The Morgan fingerprint density at radius 3 is 2.64 bits per heavy atom. The van der Waals surface area contributed by atoms with Crippen LogP contribution >= 0.6 is 0 Å². The lowest BCUT2D eigenvalue weighted by atomic mass is 9.89. The highest BCUT2D eigenvalue weighted by Crippen LogP contribution is 2.41. The number of aliphatic carboxylic acids is 1. The Hall–Kier alpha value is -1.94. The molecule has 28 heavy (non-hydrogen) atoms. The molecule has 2 atom stereocenters. The molecule has 1 saturated carbocycles. The summed E-state index contributed by atoms with van der Waals surface area (Å²) in [4.78, 5) is 20.1. The van der Waals surface area contributed by atoms with Crippen molar-refractivity contribution in [3.8, 4) is 0 Å². The number of hydrogen-bond donors (Lipinski definition) is 1. The van der Waals surface area contributed by atoms with Gasteiger partial charge in [-0.15, -0.1) is 0 Å². The van der Waals surface area contributed by atoms with Crippen molar-refractivity contribution in [2.24, 2.45) is 5.92 Å². The van der Waals surface area contributed by atoms with Gasteiger partial charge in [-0.3, -0.25) is 0 Å². The summed E-state index contributed by atoms with van der Waals surface area (Å²) in [5.74, 6) is -1.44. The van der Waals surface area contributed by atoms with Crippen LogP contribution in [0.1, 0.15) is 31.7 Å². The van der Waals surface area contributed by atoms with Crippen LogP contribution in [0.25, 0.3) is 0 Å². The number of ether oxygens (including phenoxy) is 2. The van der Waals surface area contributed by atoms with E-state index in [0.717, 1.165) is 50.8 Å². The van der Waals surface area contributed by atoms with Gasteiger partial charge in [0.25, 0.3) is 0 Å². The third-order valence-corrected chi connectivity index (χ3v) is 4.92. The summed E-state index contributed by atoms with van der Waals surface area (Å²) >= 11 is 0. The van der Waals surface area contributed by atoms with Crippen molar-refractivity contribution in [3.05, 3.63) is 18.0 Å². The minimum Gasteiger partial charge on any atom is -0.475 e. The summed E-state index contributed by atoms with van der Waals surface area (Å²) in [5.41, 5.74) is 1.03. The molecular formula is C18H26F3N3O4. The minimum atomic E-state index is -5.08. The van der Waals surface area contributed by atoms with E-state index in [9.17, 15) is 13.2 Å². The molecule has 2 heterocycles. The Morgan fingerprint density at radius 2 is 2.07 bits per heavy atom. The first kappa shape index (κ1) is 22.4. The zero-order valence-electron chi connectivity index (χ0n) is 16.0. The Labute approximate surface area is 161 Å². The van der Waals surface area contributed by atoms with Gasteiger partial charge in [0.05, 0.1) is 25.4 Å². The number of nitrogens with zero attached hydrogens (tertiary/aromatic N) is 3. The number of carboxylic acids is 1. The van der Waals surface area contributed by atoms with E-state index < -0.39 is 12.1 Å². The molecular weight excluding hydrogens is 379 g/mol. The summed E-state index contributed by atoms with van der Waals surface area (Å²) in [7, 11) is 0. The Bertz CT molecular complexity index is 642. The van der Waals surface area contributed by atoms with Gasteiger partial charge in [-0.05, 0) is 32.3 Å². The SMILES string of the molecule is CCOC[C@@H]1CCC[C@]12CN(c1ncc(C)cn1)CCO2.O=C(O)C(F)(F)F. The number of rotatable bonds is 4. The van der Waals surface area contributed by atoms with Crippen molar-refractivity contribution in [2.45, 2.75) is 44.9 Å². The fraction of sp³-hybridized carbons (Fsp3) is 0.722. The molecule has 3 rings (SSSR count). The number of morpholine rings is 1. The van der Waals surface area contributed by atoms with Crippen molar-refractivity contribution in [3.63, 3.8) is 0 Å². The maximum atomic E-state index is 10.6. The highest BCUT2D eigenvalue weighted by Gasteiger charge is 2.47. The van der Waals surface area contributed by atoms with Gasteiger partial charge in [0.1, 0.15) is 0 Å². The monoisotopic (exact) mass is 405 g/mol. The number of aromatic nitrogens is 2. The van der Waals surface area contributed by atoms with Crippen LogP contribution in [0.4, 0.5) is 19.1 Å². The number of carbonyl (C=O) groups is 1. The molecule has 2 aliphatic rings. The molecule has 0 radical (unpaired) electrons. The number of carboxylic acid groups (broad SMARTS) is 1. The second-order valence-electron chi connectivity index (χ2n) is 6.95. The number of anilines is 1. The van der Waals surface area contributed by atoms with E-state index in [0.29, 0.717) is 5.92 Å². The van der Waals surface area contributed by atoms with E-state index in [4.69, 9.17) is 19.4 Å². The molecule has 0 amide bonds. The second-order valence-corrected chi connectivity index (χ2v) is 6.95. The number of aryl methyl sites for hydroxylation is 1. The van der Waals surface area contributed by atoms with E-state index in [1.54, 1.807) is 0 Å². The van der Waals surface area contributed by atoms with Gasteiger partial charge in [-0.1, -0.05) is 6.42 Å². The molecule has 1 spiro atoms. The smallest absolute Gasteiger partial charge is 0.475 e. The standard InChI is InChI=1S/C16H25N3O2.C2HF3O2/c1-3-20-11-14-5-4-6-16(14)12-19(7-8-21-16)15-17-9-13(2)10-18-15;3-2(4,5)1(6)7/h9-10,14H,3-8,11-12H2,1-2H3;(H,6,7)/t14-,16-;/m0./s1. The second kappa shape index (κ2) is 9.51. The third kappa shape index (κ3) is 5.78. The fourth-order valence-electron chi connectivity index (χ4n) is 3.54. The van der Waals surface area contributed by atoms with Crippen molar-refractivity contribution in [1.82, 2.24) is 9.97 Å². The molecule has 1 aromatic rings. The Balaban J connectivity index is 0.000000345. The first-order valence-electron chi connectivity index (χ1n) is 9.23. The van der Waals surface area contributed by atoms with E-state index >= 15 is 0 Å². The van der Waals surface area contributed by atoms with Crippen LogP contribution in [0.3, 0.4) is 0 Å². The lowest BCUT2D eigenvalue weighted by molar-refractivity contribution is -0.192. The van der Waals surface area contributed by atoms with Crippen LogP contribution in [0, 0.1) is 12.8 Å². The summed E-state index contributed by atoms with van der Waals surface area (Å²) in [6.45, 7) is 8.14. The first-order valence-corrected chi connectivity index (χ1v) is 9.23. The van der Waals surface area contributed by atoms with Crippen LogP contribution in [-0.2, 0) is 14.3 Å². The summed E-state index contributed by atoms with van der Waals surface area (Å²) in [6, 6.07) is 0. The van der Waals surface area contributed by atoms with Gasteiger partial charge in [0.15, 0.2) is 0 Å². The maximum absolute atomic E-state index is 10.6. The van der Waals surface area contributed by atoms with Crippen molar-refractivity contribution < 1.29 is 32.5 Å². The van der Waals surface area contributed by atoms with Crippen LogP contribution in [0.15, 0.2) is 12.4 Å². The molecule has 7 nitrogen and oxygen atoms in total. The van der Waals surface area contributed by atoms with Gasteiger partial charge in [-0.2, -0.15) is 13.2 Å².